The number of aryl methyl sites for hydroxylation is 1. The van der Waals surface area contributed by atoms with Crippen molar-refractivity contribution in [2.24, 2.45) is 0 Å². The van der Waals surface area contributed by atoms with Crippen LogP contribution in [0.2, 0.25) is 0 Å². The first-order valence-electron chi connectivity index (χ1n) is 5.95. The van der Waals surface area contributed by atoms with E-state index >= 15 is 0 Å². The van der Waals surface area contributed by atoms with Gasteiger partial charge in [0.15, 0.2) is 9.84 Å². The number of hydrogen-bond donors (Lipinski definition) is 1. The van der Waals surface area contributed by atoms with Crippen molar-refractivity contribution in [3.63, 3.8) is 0 Å². The van der Waals surface area contributed by atoms with Crippen LogP contribution in [0, 0.1) is 6.92 Å². The Labute approximate surface area is 104 Å². The average Bonchev–Trinajstić information content (AvgIpc) is 2.29. The molecule has 1 rings (SSSR count). The quantitative estimate of drug-likeness (QED) is 0.846. The van der Waals surface area contributed by atoms with Gasteiger partial charge in [-0.15, -0.1) is 0 Å². The molecule has 0 spiro atoms. The van der Waals surface area contributed by atoms with Gasteiger partial charge in [-0.1, -0.05) is 36.8 Å². The molecule has 3 nitrogen and oxygen atoms in total. The molecule has 1 unspecified atom stereocenters. The third-order valence-corrected chi connectivity index (χ3v) is 4.59. The van der Waals surface area contributed by atoms with Crippen LogP contribution in [0.3, 0.4) is 0 Å². The summed E-state index contributed by atoms with van der Waals surface area (Å²) < 4.78 is 22.6. The molecule has 96 valence electrons. The molecule has 0 heterocycles. The summed E-state index contributed by atoms with van der Waals surface area (Å²) in [6.07, 6.45) is 0. The highest BCUT2D eigenvalue weighted by atomic mass is 32.2. The zero-order valence-corrected chi connectivity index (χ0v) is 11.5. The molecule has 0 saturated carbocycles. The van der Waals surface area contributed by atoms with Crippen LogP contribution < -0.4 is 5.32 Å². The summed E-state index contributed by atoms with van der Waals surface area (Å²) in [5.74, 6) is 0.424. The molecule has 0 aliphatic rings. The van der Waals surface area contributed by atoms with Gasteiger partial charge in [0.25, 0.3) is 0 Å². The van der Waals surface area contributed by atoms with E-state index < -0.39 is 9.84 Å². The van der Waals surface area contributed by atoms with Gasteiger partial charge in [0.2, 0.25) is 0 Å². The van der Waals surface area contributed by atoms with E-state index in [-0.39, 0.29) is 17.5 Å². The van der Waals surface area contributed by atoms with E-state index in [9.17, 15) is 8.42 Å². The third kappa shape index (κ3) is 4.88. The maximum absolute atomic E-state index is 11.3. The Hall–Kier alpha value is -0.870. The van der Waals surface area contributed by atoms with Gasteiger partial charge in [0.1, 0.15) is 0 Å². The summed E-state index contributed by atoms with van der Waals surface area (Å²) in [6, 6.07) is 8.46. The Morgan fingerprint density at radius 1 is 1.24 bits per heavy atom. The number of benzene rings is 1. The second-order valence-electron chi connectivity index (χ2n) is 4.32. The molecule has 0 bridgehead atoms. The minimum atomic E-state index is -2.87. The summed E-state index contributed by atoms with van der Waals surface area (Å²) in [6.45, 7) is 6.28. The zero-order chi connectivity index (χ0) is 12.9. The second kappa shape index (κ2) is 6.17. The average molecular weight is 255 g/mol. The lowest BCUT2D eigenvalue weighted by Gasteiger charge is -2.14. The van der Waals surface area contributed by atoms with E-state index in [1.807, 2.05) is 6.92 Å². The van der Waals surface area contributed by atoms with E-state index in [1.54, 1.807) is 6.92 Å². The van der Waals surface area contributed by atoms with Crippen molar-refractivity contribution in [1.29, 1.82) is 0 Å². The fourth-order valence-corrected chi connectivity index (χ4v) is 2.27. The molecule has 1 aromatic rings. The lowest BCUT2D eigenvalue weighted by molar-refractivity contribution is 0.573. The van der Waals surface area contributed by atoms with Gasteiger partial charge in [-0.2, -0.15) is 0 Å². The molecule has 17 heavy (non-hydrogen) atoms. The van der Waals surface area contributed by atoms with Gasteiger partial charge < -0.3 is 5.32 Å². The van der Waals surface area contributed by atoms with Crippen molar-refractivity contribution in [3.05, 3.63) is 35.4 Å². The molecule has 1 N–H and O–H groups in total. The third-order valence-electron chi connectivity index (χ3n) is 2.88. The number of nitrogens with one attached hydrogen (secondary N) is 1. The maximum Gasteiger partial charge on any atom is 0.151 e. The van der Waals surface area contributed by atoms with E-state index in [1.165, 1.54) is 11.1 Å². The van der Waals surface area contributed by atoms with Crippen LogP contribution in [0.1, 0.15) is 31.0 Å². The molecule has 0 amide bonds. The van der Waals surface area contributed by atoms with Crippen LogP contribution in [0.25, 0.3) is 0 Å². The number of hydrogen-bond acceptors (Lipinski definition) is 3. The Morgan fingerprint density at radius 3 is 2.35 bits per heavy atom. The maximum atomic E-state index is 11.3. The molecule has 0 aliphatic heterocycles. The van der Waals surface area contributed by atoms with Crippen LogP contribution in [-0.4, -0.2) is 26.5 Å². The Morgan fingerprint density at radius 2 is 1.82 bits per heavy atom. The first-order valence-corrected chi connectivity index (χ1v) is 7.77. The van der Waals surface area contributed by atoms with Crippen molar-refractivity contribution >= 4 is 9.84 Å². The number of rotatable bonds is 6. The molecule has 0 radical (unpaired) electrons. The molecule has 0 aliphatic carbocycles. The number of sulfone groups is 1. The molecular formula is C13H21NO2S. The van der Waals surface area contributed by atoms with Crippen molar-refractivity contribution in [3.8, 4) is 0 Å². The summed E-state index contributed by atoms with van der Waals surface area (Å²) in [5, 5.41) is 3.23. The first-order chi connectivity index (χ1) is 7.94. The Bertz CT molecular complexity index is 437. The van der Waals surface area contributed by atoms with Crippen LogP contribution in [-0.2, 0) is 9.84 Å². The van der Waals surface area contributed by atoms with Gasteiger partial charge in [-0.25, -0.2) is 8.42 Å². The Kier molecular flexibility index (Phi) is 5.15. The van der Waals surface area contributed by atoms with Crippen LogP contribution in [0.15, 0.2) is 24.3 Å². The highest BCUT2D eigenvalue weighted by molar-refractivity contribution is 7.91. The van der Waals surface area contributed by atoms with Crippen molar-refractivity contribution in [2.75, 3.05) is 18.1 Å². The minimum absolute atomic E-state index is 0.183. The largest absolute Gasteiger partial charge is 0.309 e. The van der Waals surface area contributed by atoms with Crippen molar-refractivity contribution in [1.82, 2.24) is 5.32 Å². The molecule has 0 aromatic heterocycles. The summed E-state index contributed by atoms with van der Waals surface area (Å²) in [5.41, 5.74) is 2.42. The summed E-state index contributed by atoms with van der Waals surface area (Å²) in [4.78, 5) is 0. The fourth-order valence-electron chi connectivity index (χ4n) is 1.55. The lowest BCUT2D eigenvalue weighted by Crippen LogP contribution is -2.26. The molecule has 0 fully saturated rings. The van der Waals surface area contributed by atoms with Crippen molar-refractivity contribution in [2.45, 2.75) is 26.8 Å². The molecule has 0 saturated heterocycles. The summed E-state index contributed by atoms with van der Waals surface area (Å²) >= 11 is 0. The summed E-state index contributed by atoms with van der Waals surface area (Å²) in [7, 11) is -2.87. The van der Waals surface area contributed by atoms with Gasteiger partial charge >= 0.3 is 0 Å². The molecule has 1 aromatic carbocycles. The van der Waals surface area contributed by atoms with Crippen LogP contribution in [0.4, 0.5) is 0 Å². The second-order valence-corrected chi connectivity index (χ2v) is 6.80. The predicted octanol–water partition coefficient (Wildman–Crippen LogP) is 2.08. The monoisotopic (exact) mass is 255 g/mol. The minimum Gasteiger partial charge on any atom is -0.309 e. The van der Waals surface area contributed by atoms with E-state index in [2.05, 4.69) is 36.5 Å². The molecule has 1 atom stereocenters. The highest BCUT2D eigenvalue weighted by Crippen LogP contribution is 2.12. The van der Waals surface area contributed by atoms with Crippen molar-refractivity contribution < 1.29 is 8.42 Å². The van der Waals surface area contributed by atoms with E-state index in [4.69, 9.17) is 0 Å². The molecular weight excluding hydrogens is 234 g/mol. The normalized spacial score (nSPS) is 13.6. The van der Waals surface area contributed by atoms with Gasteiger partial charge in [0, 0.05) is 18.3 Å². The standard InChI is InChI=1S/C13H21NO2S/c1-4-17(15,16)10-9-14-12(3)13-7-5-11(2)6-8-13/h5-8,12,14H,4,9-10H2,1-3H3. The smallest absolute Gasteiger partial charge is 0.151 e. The highest BCUT2D eigenvalue weighted by Gasteiger charge is 2.09. The zero-order valence-electron chi connectivity index (χ0n) is 10.7. The van der Waals surface area contributed by atoms with Gasteiger partial charge in [-0.05, 0) is 19.4 Å². The van der Waals surface area contributed by atoms with E-state index in [0.717, 1.165) is 0 Å². The van der Waals surface area contributed by atoms with Gasteiger partial charge in [0.05, 0.1) is 5.75 Å². The topological polar surface area (TPSA) is 46.2 Å². The predicted molar refractivity (Wildman–Crippen MR) is 71.9 cm³/mol. The van der Waals surface area contributed by atoms with Gasteiger partial charge in [-0.3, -0.25) is 0 Å². The fraction of sp³-hybridized carbons (Fsp3) is 0.538. The Balaban J connectivity index is 2.45. The SMILES string of the molecule is CCS(=O)(=O)CCNC(C)c1ccc(C)cc1. The van der Waals surface area contributed by atoms with Crippen LogP contribution >= 0.6 is 0 Å². The molecule has 4 heteroatoms. The van der Waals surface area contributed by atoms with E-state index in [0.29, 0.717) is 6.54 Å². The lowest BCUT2D eigenvalue weighted by atomic mass is 10.1. The van der Waals surface area contributed by atoms with Crippen LogP contribution in [0.5, 0.6) is 0 Å². The first kappa shape index (κ1) is 14.2.